The van der Waals surface area contributed by atoms with Crippen molar-refractivity contribution in [3.8, 4) is 0 Å². The van der Waals surface area contributed by atoms with Gasteiger partial charge in [0.1, 0.15) is 5.76 Å². The molecule has 2 aromatic rings. The first-order valence-electron chi connectivity index (χ1n) is 8.73. The molecule has 146 valence electrons. The van der Waals surface area contributed by atoms with E-state index in [0.717, 1.165) is 0 Å². The Morgan fingerprint density at radius 1 is 1.11 bits per heavy atom. The number of carbonyl (C=O) groups is 2. The van der Waals surface area contributed by atoms with Crippen LogP contribution in [0.15, 0.2) is 54.1 Å². The molecular weight excluding hydrogens is 401 g/mol. The quantitative estimate of drug-likeness (QED) is 0.325. The van der Waals surface area contributed by atoms with Crippen LogP contribution in [0.2, 0.25) is 10.0 Å². The standard InChI is InChI=1S/C21H19Cl2NO4/c1-28-11-5-10-24-18(14-8-9-15(22)16(23)12-14)17(20(26)21(24)27)19(25)13-6-3-2-4-7-13/h2-4,6-9,12,18,25H,5,10-11H2,1H3/b19-17+/t18-/m1/s1. The molecule has 2 aromatic carbocycles. The lowest BCUT2D eigenvalue weighted by atomic mass is 9.95. The number of Topliss-reactive ketones (excluding diaryl/α,β-unsaturated/α-hetero) is 1. The van der Waals surface area contributed by atoms with Crippen LogP contribution in [0.25, 0.3) is 5.76 Å². The highest BCUT2D eigenvalue weighted by Gasteiger charge is 2.45. The molecule has 0 unspecified atom stereocenters. The average molecular weight is 420 g/mol. The van der Waals surface area contributed by atoms with Gasteiger partial charge in [0.15, 0.2) is 0 Å². The largest absolute Gasteiger partial charge is 0.507 e. The molecule has 0 bridgehead atoms. The normalized spacial score (nSPS) is 18.7. The molecule has 1 atom stereocenters. The van der Waals surface area contributed by atoms with E-state index in [2.05, 4.69) is 0 Å². The monoisotopic (exact) mass is 419 g/mol. The summed E-state index contributed by atoms with van der Waals surface area (Å²) in [7, 11) is 1.57. The van der Waals surface area contributed by atoms with Crippen molar-refractivity contribution in [1.29, 1.82) is 0 Å². The average Bonchev–Trinajstić information content (AvgIpc) is 2.95. The zero-order chi connectivity index (χ0) is 20.3. The van der Waals surface area contributed by atoms with Gasteiger partial charge in [0.2, 0.25) is 0 Å². The van der Waals surface area contributed by atoms with E-state index in [1.165, 1.54) is 4.90 Å². The van der Waals surface area contributed by atoms with Gasteiger partial charge in [0, 0.05) is 25.8 Å². The lowest BCUT2D eigenvalue weighted by molar-refractivity contribution is -0.140. The van der Waals surface area contributed by atoms with E-state index in [4.69, 9.17) is 27.9 Å². The Labute approximate surface area is 173 Å². The first kappa shape index (κ1) is 20.4. The molecule has 0 radical (unpaired) electrons. The number of hydrogen-bond donors (Lipinski definition) is 1. The number of methoxy groups -OCH3 is 1. The summed E-state index contributed by atoms with van der Waals surface area (Å²) in [4.78, 5) is 27.0. The molecule has 7 heteroatoms. The van der Waals surface area contributed by atoms with Crippen molar-refractivity contribution in [3.63, 3.8) is 0 Å². The van der Waals surface area contributed by atoms with Gasteiger partial charge in [0.05, 0.1) is 21.7 Å². The van der Waals surface area contributed by atoms with E-state index < -0.39 is 17.7 Å². The molecule has 1 saturated heterocycles. The number of benzene rings is 2. The Morgan fingerprint density at radius 3 is 2.46 bits per heavy atom. The Hall–Kier alpha value is -2.34. The first-order chi connectivity index (χ1) is 13.5. The van der Waals surface area contributed by atoms with E-state index in [-0.39, 0.29) is 11.3 Å². The third kappa shape index (κ3) is 3.92. The van der Waals surface area contributed by atoms with Gasteiger partial charge in [-0.15, -0.1) is 0 Å². The topological polar surface area (TPSA) is 66.8 Å². The fourth-order valence-corrected chi connectivity index (χ4v) is 3.58. The zero-order valence-electron chi connectivity index (χ0n) is 15.2. The first-order valence-corrected chi connectivity index (χ1v) is 9.49. The second-order valence-corrected chi connectivity index (χ2v) is 7.19. The van der Waals surface area contributed by atoms with Gasteiger partial charge in [-0.3, -0.25) is 9.59 Å². The third-order valence-corrected chi connectivity index (χ3v) is 5.33. The summed E-state index contributed by atoms with van der Waals surface area (Å²) < 4.78 is 5.06. The minimum Gasteiger partial charge on any atom is -0.507 e. The van der Waals surface area contributed by atoms with Crippen LogP contribution in [0, 0.1) is 0 Å². The summed E-state index contributed by atoms with van der Waals surface area (Å²) >= 11 is 12.2. The summed E-state index contributed by atoms with van der Waals surface area (Å²) in [5.74, 6) is -1.61. The summed E-state index contributed by atoms with van der Waals surface area (Å²) in [5, 5.41) is 11.5. The Morgan fingerprint density at radius 2 is 1.82 bits per heavy atom. The van der Waals surface area contributed by atoms with Gasteiger partial charge in [-0.05, 0) is 24.1 Å². The van der Waals surface area contributed by atoms with Crippen LogP contribution in [-0.4, -0.2) is 42.0 Å². The van der Waals surface area contributed by atoms with Crippen molar-refractivity contribution in [2.24, 2.45) is 0 Å². The Bertz CT molecular complexity index is 927. The van der Waals surface area contributed by atoms with Crippen molar-refractivity contribution in [2.45, 2.75) is 12.5 Å². The predicted octanol–water partition coefficient (Wildman–Crippen LogP) is 4.45. The van der Waals surface area contributed by atoms with Gasteiger partial charge in [-0.2, -0.15) is 0 Å². The van der Waals surface area contributed by atoms with E-state index in [9.17, 15) is 14.7 Å². The maximum atomic E-state index is 12.8. The van der Waals surface area contributed by atoms with Crippen LogP contribution in [0.5, 0.6) is 0 Å². The number of amides is 1. The smallest absolute Gasteiger partial charge is 0.295 e. The van der Waals surface area contributed by atoms with Crippen LogP contribution in [0.1, 0.15) is 23.6 Å². The van der Waals surface area contributed by atoms with Crippen LogP contribution in [0.3, 0.4) is 0 Å². The molecule has 1 amide bonds. The zero-order valence-corrected chi connectivity index (χ0v) is 16.7. The lowest BCUT2D eigenvalue weighted by Gasteiger charge is -2.25. The van der Waals surface area contributed by atoms with Gasteiger partial charge in [0.25, 0.3) is 11.7 Å². The summed E-state index contributed by atoms with van der Waals surface area (Å²) in [6.07, 6.45) is 0.548. The molecule has 1 N–H and O–H groups in total. The molecule has 0 saturated carbocycles. The molecule has 0 aliphatic carbocycles. The highest BCUT2D eigenvalue weighted by Crippen LogP contribution is 2.40. The third-order valence-electron chi connectivity index (χ3n) is 4.59. The molecule has 3 rings (SSSR count). The number of aliphatic hydroxyl groups is 1. The van der Waals surface area contributed by atoms with E-state index >= 15 is 0 Å². The maximum Gasteiger partial charge on any atom is 0.295 e. The summed E-state index contributed by atoms with van der Waals surface area (Å²) in [6.45, 7) is 0.741. The number of ketones is 1. The second kappa shape index (κ2) is 8.78. The number of hydrogen-bond acceptors (Lipinski definition) is 4. The van der Waals surface area contributed by atoms with Crippen LogP contribution in [-0.2, 0) is 14.3 Å². The molecule has 1 aliphatic rings. The number of halogens is 2. The van der Waals surface area contributed by atoms with Crippen LogP contribution < -0.4 is 0 Å². The van der Waals surface area contributed by atoms with Crippen LogP contribution in [0.4, 0.5) is 0 Å². The van der Waals surface area contributed by atoms with E-state index in [0.29, 0.717) is 40.7 Å². The second-order valence-electron chi connectivity index (χ2n) is 6.38. The number of aliphatic hydroxyl groups excluding tert-OH is 1. The molecule has 1 heterocycles. The van der Waals surface area contributed by atoms with Crippen molar-refractivity contribution in [2.75, 3.05) is 20.3 Å². The molecule has 5 nitrogen and oxygen atoms in total. The Kier molecular flexibility index (Phi) is 6.39. The van der Waals surface area contributed by atoms with Gasteiger partial charge in [-0.1, -0.05) is 59.6 Å². The maximum absolute atomic E-state index is 12.8. The lowest BCUT2D eigenvalue weighted by Crippen LogP contribution is -2.31. The number of ether oxygens (including phenoxy) is 1. The van der Waals surface area contributed by atoms with Gasteiger partial charge < -0.3 is 14.7 Å². The minimum absolute atomic E-state index is 0.0343. The van der Waals surface area contributed by atoms with Crippen molar-refractivity contribution in [3.05, 3.63) is 75.3 Å². The SMILES string of the molecule is COCCCN1C(=O)C(=O)/C(=C(/O)c2ccccc2)[C@H]1c1ccc(Cl)c(Cl)c1. The molecule has 0 aromatic heterocycles. The van der Waals surface area contributed by atoms with E-state index in [1.807, 2.05) is 0 Å². The van der Waals surface area contributed by atoms with Gasteiger partial charge >= 0.3 is 0 Å². The molecule has 1 aliphatic heterocycles. The summed E-state index contributed by atoms with van der Waals surface area (Å²) in [5.41, 5.74) is 1.10. The van der Waals surface area contributed by atoms with Crippen molar-refractivity contribution in [1.82, 2.24) is 4.90 Å². The number of nitrogens with zero attached hydrogens (tertiary/aromatic N) is 1. The van der Waals surface area contributed by atoms with Gasteiger partial charge in [-0.25, -0.2) is 0 Å². The number of rotatable bonds is 6. The Balaban J connectivity index is 2.13. The molecule has 1 fully saturated rings. The molecule has 0 spiro atoms. The molecule has 28 heavy (non-hydrogen) atoms. The fraction of sp³-hybridized carbons (Fsp3) is 0.238. The molecular formula is C21H19Cl2NO4. The fourth-order valence-electron chi connectivity index (χ4n) is 3.27. The highest BCUT2D eigenvalue weighted by molar-refractivity contribution is 6.46. The highest BCUT2D eigenvalue weighted by atomic mass is 35.5. The number of likely N-dealkylation sites (tertiary alicyclic amines) is 1. The number of carbonyl (C=O) groups excluding carboxylic acids is 2. The summed E-state index contributed by atoms with van der Waals surface area (Å²) in [6, 6.07) is 12.8. The van der Waals surface area contributed by atoms with Crippen molar-refractivity contribution >= 4 is 40.7 Å². The predicted molar refractivity (Wildman–Crippen MR) is 108 cm³/mol. The van der Waals surface area contributed by atoms with Crippen molar-refractivity contribution < 1.29 is 19.4 Å². The van der Waals surface area contributed by atoms with Crippen LogP contribution >= 0.6 is 23.2 Å². The van der Waals surface area contributed by atoms with E-state index in [1.54, 1.807) is 55.6 Å². The minimum atomic E-state index is -0.758.